The summed E-state index contributed by atoms with van der Waals surface area (Å²) in [5.74, 6) is 1.02. The maximum absolute atomic E-state index is 12.2. The van der Waals surface area contributed by atoms with Crippen molar-refractivity contribution < 1.29 is 9.53 Å². The minimum atomic E-state index is -0.203. The molecule has 1 N–H and O–H groups in total. The van der Waals surface area contributed by atoms with Gasteiger partial charge in [-0.15, -0.1) is 0 Å². The van der Waals surface area contributed by atoms with Crippen LogP contribution in [0.15, 0.2) is 42.5 Å². The van der Waals surface area contributed by atoms with Crippen molar-refractivity contribution in [1.29, 1.82) is 0 Å². The van der Waals surface area contributed by atoms with E-state index in [1.807, 2.05) is 24.3 Å². The summed E-state index contributed by atoms with van der Waals surface area (Å²) < 4.78 is 5.59. The van der Waals surface area contributed by atoms with Gasteiger partial charge in [-0.2, -0.15) is 0 Å². The van der Waals surface area contributed by atoms with Gasteiger partial charge in [0.1, 0.15) is 5.75 Å². The number of nitrogens with one attached hydrogen (secondary N) is 1. The number of anilines is 2. The molecule has 0 saturated carbocycles. The van der Waals surface area contributed by atoms with Gasteiger partial charge >= 0.3 is 0 Å². The SMILES string of the molecule is CCC(C)c1ccc(OCC(=O)Nc2ccc(N3CCCC3)c(Cl)c2)cc1. The smallest absolute Gasteiger partial charge is 0.262 e. The highest BCUT2D eigenvalue weighted by Gasteiger charge is 2.15. The topological polar surface area (TPSA) is 41.6 Å². The maximum atomic E-state index is 12.2. The summed E-state index contributed by atoms with van der Waals surface area (Å²) in [5.41, 5.74) is 3.00. The van der Waals surface area contributed by atoms with Crippen molar-refractivity contribution in [2.45, 2.75) is 39.0 Å². The van der Waals surface area contributed by atoms with Gasteiger partial charge in [0.05, 0.1) is 10.7 Å². The summed E-state index contributed by atoms with van der Waals surface area (Å²) in [7, 11) is 0. The average Bonchev–Trinajstić information content (AvgIpc) is 3.20. The standard InChI is InChI=1S/C22H27ClN2O2/c1-3-16(2)17-6-9-19(10-7-17)27-15-22(26)24-18-8-11-21(20(23)14-18)25-12-4-5-13-25/h6-11,14,16H,3-5,12-13,15H2,1-2H3,(H,24,26). The molecule has 1 heterocycles. The van der Waals surface area contributed by atoms with E-state index in [2.05, 4.69) is 36.2 Å². The quantitative estimate of drug-likeness (QED) is 0.685. The van der Waals surface area contributed by atoms with Crippen LogP contribution in [0.1, 0.15) is 44.6 Å². The second kappa shape index (κ2) is 9.14. The Hall–Kier alpha value is -2.20. The average molecular weight is 387 g/mol. The number of nitrogens with zero attached hydrogens (tertiary/aromatic N) is 1. The van der Waals surface area contributed by atoms with E-state index in [1.165, 1.54) is 18.4 Å². The van der Waals surface area contributed by atoms with Crippen LogP contribution in [0.2, 0.25) is 5.02 Å². The highest BCUT2D eigenvalue weighted by molar-refractivity contribution is 6.33. The van der Waals surface area contributed by atoms with E-state index in [-0.39, 0.29) is 12.5 Å². The Bertz CT molecular complexity index is 770. The van der Waals surface area contributed by atoms with Gasteiger partial charge in [0.2, 0.25) is 0 Å². The first kappa shape index (κ1) is 19.6. The predicted octanol–water partition coefficient (Wildman–Crippen LogP) is 5.47. The number of benzene rings is 2. The lowest BCUT2D eigenvalue weighted by molar-refractivity contribution is -0.118. The molecule has 0 aromatic heterocycles. The normalized spacial score (nSPS) is 14.9. The zero-order valence-electron chi connectivity index (χ0n) is 16.0. The monoisotopic (exact) mass is 386 g/mol. The molecule has 5 heteroatoms. The van der Waals surface area contributed by atoms with Gasteiger partial charge in [0.15, 0.2) is 6.61 Å². The summed E-state index contributed by atoms with van der Waals surface area (Å²) in [6.07, 6.45) is 3.50. The Kier molecular flexibility index (Phi) is 6.62. The molecular formula is C22H27ClN2O2. The minimum absolute atomic E-state index is 0.0336. The Morgan fingerprint density at radius 2 is 1.89 bits per heavy atom. The molecule has 0 bridgehead atoms. The molecule has 0 aliphatic carbocycles. The zero-order chi connectivity index (χ0) is 19.2. The van der Waals surface area contributed by atoms with Crippen LogP contribution in [0.25, 0.3) is 0 Å². The van der Waals surface area contributed by atoms with Gasteiger partial charge in [-0.1, -0.05) is 37.6 Å². The lowest BCUT2D eigenvalue weighted by Crippen LogP contribution is -2.21. The van der Waals surface area contributed by atoms with E-state index >= 15 is 0 Å². The van der Waals surface area contributed by atoms with Gasteiger partial charge in [-0.3, -0.25) is 4.79 Å². The lowest BCUT2D eigenvalue weighted by atomic mass is 9.99. The molecule has 1 aliphatic rings. The number of ether oxygens (including phenoxy) is 1. The van der Waals surface area contributed by atoms with Gasteiger partial charge in [0, 0.05) is 18.8 Å². The molecule has 4 nitrogen and oxygen atoms in total. The van der Waals surface area contributed by atoms with Gasteiger partial charge < -0.3 is 15.0 Å². The fourth-order valence-electron chi connectivity index (χ4n) is 3.27. The van der Waals surface area contributed by atoms with Crippen molar-refractivity contribution in [3.8, 4) is 5.75 Å². The second-order valence-corrected chi connectivity index (χ2v) is 7.48. The van der Waals surface area contributed by atoms with Crippen LogP contribution in [0.5, 0.6) is 5.75 Å². The molecule has 1 saturated heterocycles. The molecule has 2 aromatic rings. The van der Waals surface area contributed by atoms with E-state index in [9.17, 15) is 4.79 Å². The first-order chi connectivity index (χ1) is 13.1. The first-order valence-corrected chi connectivity index (χ1v) is 10.0. The van der Waals surface area contributed by atoms with E-state index in [4.69, 9.17) is 16.3 Å². The minimum Gasteiger partial charge on any atom is -0.484 e. The molecular weight excluding hydrogens is 360 g/mol. The number of carbonyl (C=O) groups excluding carboxylic acids is 1. The summed E-state index contributed by atoms with van der Waals surface area (Å²) in [6, 6.07) is 13.6. The van der Waals surface area contributed by atoms with Crippen LogP contribution in [-0.4, -0.2) is 25.6 Å². The van der Waals surface area contributed by atoms with Crippen LogP contribution in [0.3, 0.4) is 0 Å². The van der Waals surface area contributed by atoms with Gasteiger partial charge in [-0.05, 0) is 61.1 Å². The Balaban J connectivity index is 1.52. The molecule has 27 heavy (non-hydrogen) atoms. The number of hydrogen-bond acceptors (Lipinski definition) is 3. The Morgan fingerprint density at radius 1 is 1.19 bits per heavy atom. The number of rotatable bonds is 7. The van der Waals surface area contributed by atoms with E-state index in [0.29, 0.717) is 22.4 Å². The Labute approximate surface area is 166 Å². The molecule has 1 fully saturated rings. The highest BCUT2D eigenvalue weighted by Crippen LogP contribution is 2.31. The second-order valence-electron chi connectivity index (χ2n) is 7.08. The third kappa shape index (κ3) is 5.16. The number of amides is 1. The van der Waals surface area contributed by atoms with Crippen molar-refractivity contribution in [3.05, 3.63) is 53.1 Å². The van der Waals surface area contributed by atoms with Crippen molar-refractivity contribution >= 4 is 28.9 Å². The fourth-order valence-corrected chi connectivity index (χ4v) is 3.57. The zero-order valence-corrected chi connectivity index (χ0v) is 16.8. The number of carbonyl (C=O) groups is 1. The third-order valence-electron chi connectivity index (χ3n) is 5.11. The van der Waals surface area contributed by atoms with Crippen LogP contribution < -0.4 is 15.0 Å². The summed E-state index contributed by atoms with van der Waals surface area (Å²) >= 11 is 6.39. The van der Waals surface area contributed by atoms with E-state index in [1.54, 1.807) is 6.07 Å². The highest BCUT2D eigenvalue weighted by atomic mass is 35.5. The van der Waals surface area contributed by atoms with E-state index in [0.717, 1.165) is 25.2 Å². The third-order valence-corrected chi connectivity index (χ3v) is 5.41. The van der Waals surface area contributed by atoms with Crippen molar-refractivity contribution in [2.75, 3.05) is 29.9 Å². The lowest BCUT2D eigenvalue weighted by Gasteiger charge is -2.19. The maximum Gasteiger partial charge on any atom is 0.262 e. The first-order valence-electron chi connectivity index (χ1n) is 9.64. The molecule has 2 aromatic carbocycles. The molecule has 0 spiro atoms. The van der Waals surface area contributed by atoms with Crippen LogP contribution in [-0.2, 0) is 4.79 Å². The van der Waals surface area contributed by atoms with Crippen LogP contribution in [0.4, 0.5) is 11.4 Å². The largest absolute Gasteiger partial charge is 0.484 e. The molecule has 1 unspecified atom stereocenters. The fraction of sp³-hybridized carbons (Fsp3) is 0.409. The molecule has 0 radical (unpaired) electrons. The predicted molar refractivity (Wildman–Crippen MR) is 112 cm³/mol. The number of hydrogen-bond donors (Lipinski definition) is 1. The van der Waals surface area contributed by atoms with Crippen molar-refractivity contribution in [3.63, 3.8) is 0 Å². The summed E-state index contributed by atoms with van der Waals surface area (Å²) in [6.45, 7) is 6.41. The van der Waals surface area contributed by atoms with Gasteiger partial charge in [-0.25, -0.2) is 0 Å². The van der Waals surface area contributed by atoms with E-state index < -0.39 is 0 Å². The van der Waals surface area contributed by atoms with Crippen molar-refractivity contribution in [1.82, 2.24) is 0 Å². The summed E-state index contributed by atoms with van der Waals surface area (Å²) in [4.78, 5) is 14.4. The Morgan fingerprint density at radius 3 is 2.52 bits per heavy atom. The molecule has 3 rings (SSSR count). The molecule has 144 valence electrons. The molecule has 1 aliphatic heterocycles. The van der Waals surface area contributed by atoms with Crippen molar-refractivity contribution in [2.24, 2.45) is 0 Å². The summed E-state index contributed by atoms with van der Waals surface area (Å²) in [5, 5.41) is 3.51. The molecule has 1 amide bonds. The molecule has 1 atom stereocenters. The van der Waals surface area contributed by atoms with Crippen LogP contribution in [0, 0.1) is 0 Å². The van der Waals surface area contributed by atoms with Gasteiger partial charge in [0.25, 0.3) is 5.91 Å². The number of halogens is 1. The van der Waals surface area contributed by atoms with Crippen LogP contribution >= 0.6 is 11.6 Å².